The number of hydrogen-bond donors (Lipinski definition) is 1. The van der Waals surface area contributed by atoms with Crippen LogP contribution < -0.4 is 5.73 Å². The van der Waals surface area contributed by atoms with Gasteiger partial charge in [0.05, 0.1) is 11.1 Å². The molecule has 0 atom stereocenters. The van der Waals surface area contributed by atoms with E-state index in [9.17, 15) is 4.39 Å². The summed E-state index contributed by atoms with van der Waals surface area (Å²) in [5.74, 6) is -0.233. The number of nitrogen functional groups attached to an aromatic ring is 1. The minimum Gasteiger partial charge on any atom is -0.403 e. The molecule has 0 radical (unpaired) electrons. The van der Waals surface area contributed by atoms with Crippen molar-refractivity contribution >= 4 is 40.1 Å². The van der Waals surface area contributed by atoms with Crippen molar-refractivity contribution in [2.24, 2.45) is 0 Å². The summed E-state index contributed by atoms with van der Waals surface area (Å²) in [4.78, 5) is 0. The molecule has 0 aliphatic heterocycles. The van der Waals surface area contributed by atoms with E-state index < -0.39 is 5.82 Å². The monoisotopic (exact) mass is 390 g/mol. The third-order valence-electron chi connectivity index (χ3n) is 4.16. The molecule has 0 aliphatic carbocycles. The second-order valence-corrected chi connectivity index (χ2v) is 6.81. The third kappa shape index (κ3) is 2.91. The van der Waals surface area contributed by atoms with Gasteiger partial charge in [0, 0.05) is 28.2 Å². The lowest BCUT2D eigenvalue weighted by atomic mass is 10.1. The summed E-state index contributed by atoms with van der Waals surface area (Å²) < 4.78 is 21.4. The highest BCUT2D eigenvalue weighted by molar-refractivity contribution is 6.35. The topological polar surface area (TPSA) is 69.9 Å². The Bertz CT molecular complexity index is 1140. The zero-order valence-electron chi connectivity index (χ0n) is 13.6. The maximum Gasteiger partial charge on any atom is 0.313 e. The molecule has 0 aliphatic rings. The van der Waals surface area contributed by atoms with Gasteiger partial charge in [-0.25, -0.2) is 4.39 Å². The largest absolute Gasteiger partial charge is 0.403 e. The lowest BCUT2D eigenvalue weighted by molar-refractivity contribution is 0.587. The number of rotatable bonds is 3. The number of fused-ring (bicyclic) bond motifs is 1. The summed E-state index contributed by atoms with van der Waals surface area (Å²) in [6.07, 6.45) is 1.93. The van der Waals surface area contributed by atoms with Crippen molar-refractivity contribution in [1.82, 2.24) is 14.8 Å². The molecule has 0 saturated heterocycles. The maximum atomic E-state index is 14.1. The zero-order chi connectivity index (χ0) is 18.4. The van der Waals surface area contributed by atoms with Crippen LogP contribution in [0.15, 0.2) is 40.9 Å². The van der Waals surface area contributed by atoms with Gasteiger partial charge in [0.2, 0.25) is 0 Å². The molecule has 0 unspecified atom stereocenters. The van der Waals surface area contributed by atoms with E-state index in [0.29, 0.717) is 22.2 Å². The maximum absolute atomic E-state index is 14.1. The van der Waals surface area contributed by atoms with E-state index in [1.54, 1.807) is 12.1 Å². The lowest BCUT2D eigenvalue weighted by Gasteiger charge is -2.10. The molecule has 4 rings (SSSR count). The van der Waals surface area contributed by atoms with E-state index >= 15 is 0 Å². The van der Waals surface area contributed by atoms with E-state index in [1.807, 2.05) is 23.8 Å². The Kier molecular flexibility index (Phi) is 4.09. The lowest BCUT2D eigenvalue weighted by Crippen LogP contribution is -2.00. The summed E-state index contributed by atoms with van der Waals surface area (Å²) in [6, 6.07) is 8.09. The number of anilines is 1. The number of aryl methyl sites for hydroxylation is 1. The Morgan fingerprint density at radius 2 is 2.00 bits per heavy atom. The number of aromatic nitrogens is 3. The van der Waals surface area contributed by atoms with Gasteiger partial charge in [-0.15, -0.1) is 5.10 Å². The molecule has 0 saturated carbocycles. The summed E-state index contributed by atoms with van der Waals surface area (Å²) in [5, 5.41) is 9.44. The minimum atomic E-state index is -0.394. The van der Waals surface area contributed by atoms with Crippen molar-refractivity contribution in [2.45, 2.75) is 13.5 Å². The van der Waals surface area contributed by atoms with Crippen molar-refractivity contribution in [2.75, 3.05) is 5.73 Å². The molecule has 26 heavy (non-hydrogen) atoms. The number of nitrogens with two attached hydrogens (primary N) is 1. The second kappa shape index (κ2) is 6.30. The molecule has 2 N–H and O–H groups in total. The highest BCUT2D eigenvalue weighted by atomic mass is 35.5. The Balaban J connectivity index is 1.93. The van der Waals surface area contributed by atoms with Gasteiger partial charge < -0.3 is 14.7 Å². The normalized spacial score (nSPS) is 11.4. The van der Waals surface area contributed by atoms with E-state index in [-0.39, 0.29) is 11.9 Å². The molecule has 0 amide bonds. The highest BCUT2D eigenvalue weighted by Crippen LogP contribution is 2.33. The smallest absolute Gasteiger partial charge is 0.313 e. The number of hydrogen-bond acceptors (Lipinski definition) is 4. The first-order valence-electron chi connectivity index (χ1n) is 7.74. The number of benzene rings is 2. The van der Waals surface area contributed by atoms with Gasteiger partial charge in [0.1, 0.15) is 5.82 Å². The molecule has 0 spiro atoms. The number of halogens is 3. The molecule has 4 aromatic rings. The third-order valence-corrected chi connectivity index (χ3v) is 4.75. The fraction of sp³-hybridized carbons (Fsp3) is 0.111. The van der Waals surface area contributed by atoms with Gasteiger partial charge in [-0.2, -0.15) is 0 Å². The van der Waals surface area contributed by atoms with Crippen LogP contribution in [-0.4, -0.2) is 14.8 Å². The zero-order valence-corrected chi connectivity index (χ0v) is 15.1. The van der Waals surface area contributed by atoms with Gasteiger partial charge in [-0.1, -0.05) is 34.4 Å². The van der Waals surface area contributed by atoms with Crippen molar-refractivity contribution in [1.29, 1.82) is 0 Å². The van der Waals surface area contributed by atoms with Gasteiger partial charge in [-0.3, -0.25) is 0 Å². The quantitative estimate of drug-likeness (QED) is 0.529. The minimum absolute atomic E-state index is 0.0759. The molecule has 0 fully saturated rings. The molecule has 132 valence electrons. The standard InChI is InChI=1S/C18H13Cl2FN4O/c1-9-7-25(8-10-2-3-11(19)4-15(10)20)16-13(9)5-12(21)6-14(16)17-23-24-18(22)26-17/h2-7H,8H2,1H3,(H2,22,24). The van der Waals surface area contributed by atoms with Crippen LogP contribution in [0.4, 0.5) is 10.4 Å². The van der Waals surface area contributed by atoms with Crippen LogP contribution in [0.2, 0.25) is 10.0 Å². The van der Waals surface area contributed by atoms with Gasteiger partial charge in [-0.05, 0) is 42.3 Å². The van der Waals surface area contributed by atoms with Crippen LogP contribution in [0, 0.1) is 12.7 Å². The molecular formula is C18H13Cl2FN4O. The van der Waals surface area contributed by atoms with Gasteiger partial charge in [0.25, 0.3) is 5.89 Å². The van der Waals surface area contributed by atoms with Crippen LogP contribution in [0.3, 0.4) is 0 Å². The van der Waals surface area contributed by atoms with Crippen molar-refractivity contribution in [3.05, 3.63) is 63.5 Å². The molecule has 2 aromatic carbocycles. The van der Waals surface area contributed by atoms with Crippen molar-refractivity contribution < 1.29 is 8.81 Å². The van der Waals surface area contributed by atoms with E-state index in [2.05, 4.69) is 10.2 Å². The summed E-state index contributed by atoms with van der Waals surface area (Å²) in [7, 11) is 0. The van der Waals surface area contributed by atoms with Gasteiger partial charge in [0.15, 0.2) is 0 Å². The first-order valence-corrected chi connectivity index (χ1v) is 8.50. The summed E-state index contributed by atoms with van der Waals surface area (Å²) in [5.41, 5.74) is 8.56. The van der Waals surface area contributed by atoms with E-state index in [0.717, 1.165) is 22.0 Å². The first kappa shape index (κ1) is 16.9. The van der Waals surface area contributed by atoms with Gasteiger partial charge >= 0.3 is 6.01 Å². The van der Waals surface area contributed by atoms with Crippen LogP contribution >= 0.6 is 23.2 Å². The Labute approximate surface area is 158 Å². The summed E-state index contributed by atoms with van der Waals surface area (Å²) in [6.45, 7) is 2.39. The predicted molar refractivity (Wildman–Crippen MR) is 99.9 cm³/mol. The fourth-order valence-corrected chi connectivity index (χ4v) is 3.51. The molecular weight excluding hydrogens is 378 g/mol. The average Bonchev–Trinajstić information content (AvgIpc) is 3.14. The van der Waals surface area contributed by atoms with Crippen LogP contribution in [0.5, 0.6) is 0 Å². The van der Waals surface area contributed by atoms with Crippen molar-refractivity contribution in [3.63, 3.8) is 0 Å². The highest BCUT2D eigenvalue weighted by Gasteiger charge is 2.18. The molecule has 8 heteroatoms. The Morgan fingerprint density at radius 3 is 2.69 bits per heavy atom. The number of nitrogens with zero attached hydrogens (tertiary/aromatic N) is 3. The molecule has 2 heterocycles. The van der Waals surface area contributed by atoms with Crippen LogP contribution in [-0.2, 0) is 6.54 Å². The van der Waals surface area contributed by atoms with Crippen LogP contribution in [0.1, 0.15) is 11.1 Å². The SMILES string of the molecule is Cc1cn(Cc2ccc(Cl)cc2Cl)c2c(-c3nnc(N)o3)cc(F)cc12. The molecule has 2 aromatic heterocycles. The van der Waals surface area contributed by atoms with Crippen molar-refractivity contribution in [3.8, 4) is 11.5 Å². The second-order valence-electron chi connectivity index (χ2n) is 5.97. The Hall–Kier alpha value is -2.57. The van der Waals surface area contributed by atoms with Crippen LogP contribution in [0.25, 0.3) is 22.4 Å². The molecule has 0 bridgehead atoms. The molecule has 5 nitrogen and oxygen atoms in total. The Morgan fingerprint density at radius 1 is 1.19 bits per heavy atom. The first-order chi connectivity index (χ1) is 12.4. The predicted octanol–water partition coefficient (Wildman–Crippen LogP) is 5.08. The average molecular weight is 391 g/mol. The fourth-order valence-electron chi connectivity index (χ4n) is 3.04. The summed E-state index contributed by atoms with van der Waals surface area (Å²) >= 11 is 12.3. The van der Waals surface area contributed by atoms with E-state index in [4.69, 9.17) is 33.4 Å². The van der Waals surface area contributed by atoms with E-state index in [1.165, 1.54) is 12.1 Å².